The van der Waals surface area contributed by atoms with Crippen LogP contribution in [-0.2, 0) is 23.8 Å². The highest BCUT2D eigenvalue weighted by Gasteiger charge is 2.47. The molecule has 8 atom stereocenters. The van der Waals surface area contributed by atoms with Gasteiger partial charge in [-0.15, -0.1) is 0 Å². The molecule has 1 heterocycles. The van der Waals surface area contributed by atoms with Gasteiger partial charge in [0.1, 0.15) is 24.4 Å². The molecule has 6 N–H and O–H groups in total. The molecule has 1 aliphatic rings. The highest BCUT2D eigenvalue weighted by Crippen LogP contribution is 2.26. The van der Waals surface area contributed by atoms with Crippen LogP contribution in [0.15, 0.2) is 72.9 Å². The van der Waals surface area contributed by atoms with Gasteiger partial charge in [-0.25, -0.2) is 0 Å². The van der Waals surface area contributed by atoms with E-state index in [9.17, 15) is 35.1 Å². The fourth-order valence-electron chi connectivity index (χ4n) is 9.09. The summed E-state index contributed by atoms with van der Waals surface area (Å²) in [6, 6.07) is -1.04. The van der Waals surface area contributed by atoms with Crippen LogP contribution in [-0.4, -0.2) is 99.6 Å². The van der Waals surface area contributed by atoms with Gasteiger partial charge in [0, 0.05) is 6.42 Å². The summed E-state index contributed by atoms with van der Waals surface area (Å²) >= 11 is 0. The normalized spacial score (nSPS) is 19.8. The molecular formula is C63H111NO10. The predicted octanol–water partition coefficient (Wildman–Crippen LogP) is 14.0. The molecule has 428 valence electrons. The zero-order valence-electron chi connectivity index (χ0n) is 47.2. The molecule has 0 saturated carbocycles. The number of allylic oxidation sites excluding steroid dienone is 11. The second-order valence-electron chi connectivity index (χ2n) is 20.7. The highest BCUT2D eigenvalue weighted by molar-refractivity contribution is 5.80. The fourth-order valence-corrected chi connectivity index (χ4v) is 9.09. The Kier molecular flexibility index (Phi) is 47.5. The van der Waals surface area contributed by atoms with E-state index >= 15 is 0 Å². The second kappa shape index (κ2) is 50.9. The molecule has 0 aromatic carbocycles. The first-order chi connectivity index (χ1) is 36.2. The Morgan fingerprint density at radius 3 is 1.46 bits per heavy atom. The molecular weight excluding hydrogens is 931 g/mol. The second-order valence-corrected chi connectivity index (χ2v) is 20.7. The van der Waals surface area contributed by atoms with Gasteiger partial charge in [-0.3, -0.25) is 9.59 Å². The SMILES string of the molecule is CC/C=C\C/C=C\C/C=C\C/C=C\C/C=C\CCCCC(O)C(=O)NC(COC1OC(CO)C(O)C(O)C1OC(=O)CCCCCCCCCCCCCCCCC)C(O)/C=C/CCCCCCCCCCCC. The molecule has 0 aliphatic carbocycles. The average Bonchev–Trinajstić information content (AvgIpc) is 3.40. The van der Waals surface area contributed by atoms with Crippen molar-refractivity contribution in [3.05, 3.63) is 72.9 Å². The molecule has 1 amide bonds. The first kappa shape index (κ1) is 69.1. The van der Waals surface area contributed by atoms with Crippen LogP contribution in [0.5, 0.6) is 0 Å². The summed E-state index contributed by atoms with van der Waals surface area (Å²) in [5, 5.41) is 56.9. The number of esters is 1. The van der Waals surface area contributed by atoms with Crippen LogP contribution in [0.3, 0.4) is 0 Å². The number of carbonyl (C=O) groups is 2. The number of hydrogen-bond donors (Lipinski definition) is 6. The molecule has 1 saturated heterocycles. The molecule has 0 aromatic heterocycles. The summed E-state index contributed by atoms with van der Waals surface area (Å²) < 4.78 is 17.6. The lowest BCUT2D eigenvalue weighted by Gasteiger charge is -2.41. The maximum absolute atomic E-state index is 13.4. The number of nitrogens with one attached hydrogen (secondary N) is 1. The maximum Gasteiger partial charge on any atom is 0.306 e. The Balaban J connectivity index is 2.73. The molecule has 8 unspecified atom stereocenters. The van der Waals surface area contributed by atoms with Gasteiger partial charge in [-0.2, -0.15) is 0 Å². The zero-order valence-corrected chi connectivity index (χ0v) is 47.2. The van der Waals surface area contributed by atoms with Crippen LogP contribution < -0.4 is 5.32 Å². The lowest BCUT2D eigenvalue weighted by molar-refractivity contribution is -0.305. The smallest absolute Gasteiger partial charge is 0.306 e. The van der Waals surface area contributed by atoms with Gasteiger partial charge in [0.15, 0.2) is 12.4 Å². The van der Waals surface area contributed by atoms with E-state index in [0.717, 1.165) is 83.5 Å². The first-order valence-electron chi connectivity index (χ1n) is 30.2. The highest BCUT2D eigenvalue weighted by atomic mass is 16.7. The van der Waals surface area contributed by atoms with E-state index in [1.165, 1.54) is 122 Å². The number of aliphatic hydroxyl groups excluding tert-OH is 5. The third-order valence-corrected chi connectivity index (χ3v) is 13.9. The summed E-state index contributed by atoms with van der Waals surface area (Å²) in [5.41, 5.74) is 0. The fraction of sp³-hybridized carbons (Fsp3) is 0.778. The van der Waals surface area contributed by atoms with Crippen LogP contribution in [0.4, 0.5) is 0 Å². The summed E-state index contributed by atoms with van der Waals surface area (Å²) in [4.78, 5) is 26.5. The van der Waals surface area contributed by atoms with E-state index in [1.54, 1.807) is 6.08 Å². The van der Waals surface area contributed by atoms with Crippen molar-refractivity contribution in [2.24, 2.45) is 0 Å². The molecule has 0 radical (unpaired) electrons. The van der Waals surface area contributed by atoms with Crippen molar-refractivity contribution in [1.82, 2.24) is 5.32 Å². The number of rotatable bonds is 50. The van der Waals surface area contributed by atoms with Crippen molar-refractivity contribution >= 4 is 11.9 Å². The minimum Gasteiger partial charge on any atom is -0.454 e. The standard InChI is InChI=1S/C63H111NO10/c1-4-7-10-13-16-19-22-25-27-28-29-31-32-35-38-41-44-47-50-56(67)62(71)64-54(55(66)49-46-43-40-37-34-24-21-18-15-12-9-6-3)53-72-63-61(60(70)59(69)57(52-65)73-63)74-58(68)51-48-45-42-39-36-33-30-26-23-20-17-14-11-8-5-2/h7,10,16,19,25,27,29,31,35,38,46,49,54-57,59-61,63,65-67,69-70H,4-6,8-9,11-15,17-18,20-24,26,28,30,32-34,36-37,39-45,47-48,50-53H2,1-3H3,(H,64,71)/b10-7-,19-16-,27-25-,31-29-,38-35-,49-46+. The predicted molar refractivity (Wildman–Crippen MR) is 306 cm³/mol. The number of carbonyl (C=O) groups excluding carboxylic acids is 2. The van der Waals surface area contributed by atoms with E-state index in [0.29, 0.717) is 12.8 Å². The number of unbranched alkanes of at least 4 members (excludes halogenated alkanes) is 26. The minimum absolute atomic E-state index is 0.120. The lowest BCUT2D eigenvalue weighted by atomic mass is 9.99. The van der Waals surface area contributed by atoms with Crippen molar-refractivity contribution in [2.45, 2.75) is 301 Å². The van der Waals surface area contributed by atoms with E-state index in [4.69, 9.17) is 14.2 Å². The molecule has 74 heavy (non-hydrogen) atoms. The van der Waals surface area contributed by atoms with Gasteiger partial charge in [-0.05, 0) is 70.6 Å². The Morgan fingerprint density at radius 2 is 0.973 bits per heavy atom. The molecule has 11 heteroatoms. The summed E-state index contributed by atoms with van der Waals surface area (Å²) in [5.74, 6) is -1.23. The number of hydrogen-bond acceptors (Lipinski definition) is 10. The van der Waals surface area contributed by atoms with Crippen LogP contribution in [0.25, 0.3) is 0 Å². The molecule has 1 fully saturated rings. The topological polar surface area (TPSA) is 175 Å². The Labute approximate surface area is 451 Å². The Morgan fingerprint density at radius 1 is 0.541 bits per heavy atom. The number of ether oxygens (including phenoxy) is 3. The van der Waals surface area contributed by atoms with Crippen molar-refractivity contribution in [3.8, 4) is 0 Å². The van der Waals surface area contributed by atoms with Gasteiger partial charge >= 0.3 is 5.97 Å². The minimum atomic E-state index is -1.62. The lowest BCUT2D eigenvalue weighted by Crippen LogP contribution is -2.61. The Bertz CT molecular complexity index is 1480. The molecule has 1 rings (SSSR count). The van der Waals surface area contributed by atoms with E-state index in [-0.39, 0.29) is 19.4 Å². The monoisotopic (exact) mass is 1040 g/mol. The molecule has 0 spiro atoms. The van der Waals surface area contributed by atoms with Gasteiger partial charge in [0.2, 0.25) is 5.91 Å². The van der Waals surface area contributed by atoms with Crippen LogP contribution in [0.1, 0.15) is 252 Å². The van der Waals surface area contributed by atoms with Crippen molar-refractivity contribution in [2.75, 3.05) is 13.2 Å². The third kappa shape index (κ3) is 38.6. The molecule has 1 aliphatic heterocycles. The Hall–Kier alpha value is -2.90. The van der Waals surface area contributed by atoms with E-state index in [1.807, 2.05) is 6.08 Å². The summed E-state index contributed by atoms with van der Waals surface area (Å²) in [6.45, 7) is 5.65. The quantitative estimate of drug-likeness (QED) is 0.0195. The first-order valence-corrected chi connectivity index (χ1v) is 30.2. The van der Waals surface area contributed by atoms with Gasteiger partial charge in [0.05, 0.1) is 25.4 Å². The average molecular weight is 1040 g/mol. The van der Waals surface area contributed by atoms with Gasteiger partial charge < -0.3 is 45.1 Å². The van der Waals surface area contributed by atoms with Crippen molar-refractivity contribution in [1.29, 1.82) is 0 Å². The molecule has 11 nitrogen and oxygen atoms in total. The number of amides is 1. The summed E-state index contributed by atoms with van der Waals surface area (Å²) in [7, 11) is 0. The van der Waals surface area contributed by atoms with Crippen molar-refractivity contribution in [3.63, 3.8) is 0 Å². The molecule has 0 aromatic rings. The van der Waals surface area contributed by atoms with Crippen LogP contribution in [0.2, 0.25) is 0 Å². The third-order valence-electron chi connectivity index (χ3n) is 13.9. The van der Waals surface area contributed by atoms with E-state index in [2.05, 4.69) is 86.8 Å². The maximum atomic E-state index is 13.4. The van der Waals surface area contributed by atoms with Gasteiger partial charge in [0.25, 0.3) is 0 Å². The van der Waals surface area contributed by atoms with Crippen LogP contribution in [0, 0.1) is 0 Å². The van der Waals surface area contributed by atoms with Gasteiger partial charge in [-0.1, -0.05) is 248 Å². The summed E-state index contributed by atoms with van der Waals surface area (Å²) in [6.07, 6.45) is 53.7. The zero-order chi connectivity index (χ0) is 54.0. The molecule has 0 bridgehead atoms. The van der Waals surface area contributed by atoms with Crippen molar-refractivity contribution < 1.29 is 49.3 Å². The van der Waals surface area contributed by atoms with Crippen LogP contribution >= 0.6 is 0 Å². The number of aliphatic hydroxyl groups is 5. The van der Waals surface area contributed by atoms with E-state index < -0.39 is 67.4 Å². The largest absolute Gasteiger partial charge is 0.454 e.